The molecule has 0 radical (unpaired) electrons. The van der Waals surface area contributed by atoms with Crippen LogP contribution in [-0.4, -0.2) is 45.7 Å². The van der Waals surface area contributed by atoms with E-state index in [1.54, 1.807) is 31.4 Å². The molecule has 2 saturated heterocycles. The number of benzene rings is 1. The lowest BCUT2D eigenvalue weighted by Gasteiger charge is -2.18. The van der Waals surface area contributed by atoms with Crippen LogP contribution >= 0.6 is 7.82 Å². The van der Waals surface area contributed by atoms with Gasteiger partial charge in [0.15, 0.2) is 0 Å². The van der Waals surface area contributed by atoms with E-state index in [0.29, 0.717) is 24.7 Å². The monoisotopic (exact) mass is 316 g/mol. The number of hydrogen-bond acceptors (Lipinski definition) is 7. The zero-order chi connectivity index (χ0) is 14.7. The average Bonchev–Trinajstić information content (AvgIpc) is 3.39. The Morgan fingerprint density at radius 1 is 1.05 bits per heavy atom. The molecule has 2 heterocycles. The Balaban J connectivity index is 1.61. The zero-order valence-corrected chi connectivity index (χ0v) is 12.5. The Morgan fingerprint density at radius 2 is 1.52 bits per heavy atom. The second-order valence-corrected chi connectivity index (χ2v) is 6.31. The molecule has 0 spiro atoms. The molecule has 116 valence electrons. The van der Waals surface area contributed by atoms with E-state index in [-0.39, 0.29) is 25.4 Å². The highest BCUT2D eigenvalue weighted by Gasteiger charge is 2.36. The standard InChI is InChI=1S/C13H17O7P/c1-15-10-2-4-11(5-3-10)20-21(14,18-8-12-6-16-12)19-9-13-7-17-13/h2-5,12-13H,6-9H2,1H3. The van der Waals surface area contributed by atoms with Crippen LogP contribution in [0.25, 0.3) is 0 Å². The first-order valence-electron chi connectivity index (χ1n) is 6.63. The van der Waals surface area contributed by atoms with Gasteiger partial charge in [-0.25, -0.2) is 4.57 Å². The van der Waals surface area contributed by atoms with Crippen LogP contribution < -0.4 is 9.26 Å². The van der Waals surface area contributed by atoms with Crippen LogP contribution in [0.4, 0.5) is 0 Å². The van der Waals surface area contributed by atoms with Gasteiger partial charge in [-0.2, -0.15) is 0 Å². The van der Waals surface area contributed by atoms with Gasteiger partial charge in [-0.05, 0) is 24.3 Å². The first-order valence-corrected chi connectivity index (χ1v) is 8.09. The van der Waals surface area contributed by atoms with Gasteiger partial charge in [0.25, 0.3) is 0 Å². The molecule has 3 rings (SSSR count). The summed E-state index contributed by atoms with van der Waals surface area (Å²) in [5.74, 6) is 1.06. The van der Waals surface area contributed by atoms with Crippen molar-refractivity contribution in [1.82, 2.24) is 0 Å². The highest BCUT2D eigenvalue weighted by atomic mass is 31.2. The quantitative estimate of drug-likeness (QED) is 0.509. The highest BCUT2D eigenvalue weighted by molar-refractivity contribution is 7.48. The van der Waals surface area contributed by atoms with Gasteiger partial charge in [0.05, 0.1) is 33.5 Å². The minimum Gasteiger partial charge on any atom is -0.497 e. The lowest BCUT2D eigenvalue weighted by atomic mass is 10.3. The van der Waals surface area contributed by atoms with E-state index < -0.39 is 7.82 Å². The van der Waals surface area contributed by atoms with Gasteiger partial charge in [0, 0.05) is 0 Å². The average molecular weight is 316 g/mol. The lowest BCUT2D eigenvalue weighted by molar-refractivity contribution is 0.137. The highest BCUT2D eigenvalue weighted by Crippen LogP contribution is 2.50. The Bertz CT molecular complexity index is 490. The molecule has 2 aliphatic rings. The van der Waals surface area contributed by atoms with Crippen molar-refractivity contribution in [1.29, 1.82) is 0 Å². The molecule has 2 aliphatic heterocycles. The Hall–Kier alpha value is -1.11. The molecule has 0 saturated carbocycles. The van der Waals surface area contributed by atoms with Crippen molar-refractivity contribution in [2.45, 2.75) is 12.2 Å². The van der Waals surface area contributed by atoms with E-state index in [1.165, 1.54) is 0 Å². The van der Waals surface area contributed by atoms with Gasteiger partial charge in [-0.1, -0.05) is 0 Å². The number of epoxide rings is 2. The molecule has 8 heteroatoms. The van der Waals surface area contributed by atoms with Gasteiger partial charge in [-0.3, -0.25) is 9.05 Å². The van der Waals surface area contributed by atoms with E-state index in [2.05, 4.69) is 0 Å². The minimum absolute atomic E-state index is 0.0291. The van der Waals surface area contributed by atoms with Crippen LogP contribution in [0.1, 0.15) is 0 Å². The summed E-state index contributed by atoms with van der Waals surface area (Å²) in [6.45, 7) is 1.57. The molecule has 2 unspecified atom stereocenters. The first kappa shape index (κ1) is 14.8. The third-order valence-electron chi connectivity index (χ3n) is 2.92. The van der Waals surface area contributed by atoms with Gasteiger partial charge in [0.1, 0.15) is 23.7 Å². The molecule has 21 heavy (non-hydrogen) atoms. The van der Waals surface area contributed by atoms with E-state index in [4.69, 9.17) is 27.8 Å². The summed E-state index contributed by atoms with van der Waals surface area (Å²) in [5, 5.41) is 0. The zero-order valence-electron chi connectivity index (χ0n) is 11.6. The van der Waals surface area contributed by atoms with Crippen molar-refractivity contribution in [3.63, 3.8) is 0 Å². The number of hydrogen-bond donors (Lipinski definition) is 0. The van der Waals surface area contributed by atoms with Gasteiger partial charge in [-0.15, -0.1) is 0 Å². The summed E-state index contributed by atoms with van der Waals surface area (Å²) in [4.78, 5) is 0. The molecule has 0 N–H and O–H groups in total. The summed E-state index contributed by atoms with van der Waals surface area (Å²) in [6.07, 6.45) is -0.0582. The fourth-order valence-corrected chi connectivity index (χ4v) is 2.79. The topological polar surface area (TPSA) is 79.1 Å². The fourth-order valence-electron chi connectivity index (χ4n) is 1.53. The molecule has 1 aromatic carbocycles. The number of phosphoric ester groups is 1. The lowest BCUT2D eigenvalue weighted by Crippen LogP contribution is -2.09. The van der Waals surface area contributed by atoms with Gasteiger partial charge in [0.2, 0.25) is 0 Å². The predicted molar refractivity (Wildman–Crippen MR) is 72.6 cm³/mol. The molecule has 0 aromatic heterocycles. The Labute approximate surface area is 122 Å². The summed E-state index contributed by atoms with van der Waals surface area (Å²) in [6, 6.07) is 6.68. The SMILES string of the molecule is COc1ccc(OP(=O)(OCC2CO2)OCC2CO2)cc1. The van der Waals surface area contributed by atoms with Crippen LogP contribution in [-0.2, 0) is 23.1 Å². The third kappa shape index (κ3) is 4.69. The van der Waals surface area contributed by atoms with E-state index >= 15 is 0 Å². The summed E-state index contributed by atoms with van der Waals surface area (Å²) < 4.78 is 43.7. The minimum atomic E-state index is -3.69. The molecule has 2 atom stereocenters. The van der Waals surface area contributed by atoms with Gasteiger partial charge < -0.3 is 18.7 Å². The van der Waals surface area contributed by atoms with Crippen LogP contribution in [0.15, 0.2) is 24.3 Å². The van der Waals surface area contributed by atoms with Crippen molar-refractivity contribution < 1.29 is 32.3 Å². The number of phosphoric acid groups is 1. The van der Waals surface area contributed by atoms with Gasteiger partial charge >= 0.3 is 7.82 Å². The Kier molecular flexibility index (Phi) is 4.47. The van der Waals surface area contributed by atoms with Crippen molar-refractivity contribution in [3.05, 3.63) is 24.3 Å². The largest absolute Gasteiger partial charge is 0.530 e. The predicted octanol–water partition coefficient (Wildman–Crippen LogP) is 2.01. The van der Waals surface area contributed by atoms with Crippen molar-refractivity contribution in [2.24, 2.45) is 0 Å². The summed E-state index contributed by atoms with van der Waals surface area (Å²) >= 11 is 0. The molecule has 0 bridgehead atoms. The van der Waals surface area contributed by atoms with Crippen molar-refractivity contribution in [2.75, 3.05) is 33.5 Å². The van der Waals surface area contributed by atoms with Crippen molar-refractivity contribution >= 4 is 7.82 Å². The maximum Gasteiger partial charge on any atom is 0.530 e. The smallest absolute Gasteiger partial charge is 0.497 e. The summed E-state index contributed by atoms with van der Waals surface area (Å²) in [5.41, 5.74) is 0. The van der Waals surface area contributed by atoms with Crippen LogP contribution in [0.5, 0.6) is 11.5 Å². The fraction of sp³-hybridized carbons (Fsp3) is 0.538. The van der Waals surface area contributed by atoms with E-state index in [9.17, 15) is 4.57 Å². The summed E-state index contributed by atoms with van der Waals surface area (Å²) in [7, 11) is -2.13. The molecule has 7 nitrogen and oxygen atoms in total. The maximum atomic E-state index is 12.6. The molecular weight excluding hydrogens is 299 g/mol. The van der Waals surface area contributed by atoms with Crippen LogP contribution in [0, 0.1) is 0 Å². The number of rotatable bonds is 9. The second-order valence-electron chi connectivity index (χ2n) is 4.72. The van der Waals surface area contributed by atoms with Crippen LogP contribution in [0.2, 0.25) is 0 Å². The number of ether oxygens (including phenoxy) is 3. The second kappa shape index (κ2) is 6.34. The van der Waals surface area contributed by atoms with Crippen LogP contribution in [0.3, 0.4) is 0 Å². The van der Waals surface area contributed by atoms with E-state index in [0.717, 1.165) is 0 Å². The molecule has 0 amide bonds. The van der Waals surface area contributed by atoms with Crippen molar-refractivity contribution in [3.8, 4) is 11.5 Å². The Morgan fingerprint density at radius 3 is 1.95 bits per heavy atom. The molecule has 0 aliphatic carbocycles. The molecule has 1 aromatic rings. The molecular formula is C13H17O7P. The maximum absolute atomic E-state index is 12.6. The number of methoxy groups -OCH3 is 1. The third-order valence-corrected chi connectivity index (χ3v) is 4.28. The normalized spacial score (nSPS) is 26.0. The molecule has 2 fully saturated rings. The van der Waals surface area contributed by atoms with E-state index in [1.807, 2.05) is 0 Å². The first-order chi connectivity index (χ1) is 10.2.